The van der Waals surface area contributed by atoms with Gasteiger partial charge in [0, 0.05) is 24.7 Å². The molecule has 0 aliphatic rings. The molecule has 0 radical (unpaired) electrons. The summed E-state index contributed by atoms with van der Waals surface area (Å²) in [7, 11) is -0.996. The number of rotatable bonds is 16. The number of aromatic nitrogens is 1. The van der Waals surface area contributed by atoms with Crippen LogP contribution in [0.15, 0.2) is 60.7 Å². The number of ether oxygens (including phenoxy) is 1. The maximum atomic E-state index is 13.0. The van der Waals surface area contributed by atoms with Crippen molar-refractivity contribution < 1.29 is 13.9 Å². The average Bonchev–Trinajstić information content (AvgIpc) is 2.89. The van der Waals surface area contributed by atoms with Crippen molar-refractivity contribution in [3.05, 3.63) is 77.1 Å². The maximum Gasteiger partial charge on any atom is 0.227 e. The summed E-state index contributed by atoms with van der Waals surface area (Å²) in [5, 5.41) is 13.9. The van der Waals surface area contributed by atoms with E-state index in [1.807, 2.05) is 48.5 Å². The fraction of sp³-hybridized carbons (Fsp3) is 0.545. The van der Waals surface area contributed by atoms with Gasteiger partial charge in [-0.1, -0.05) is 108 Å². The van der Waals surface area contributed by atoms with Crippen LogP contribution < -0.4 is 9.47 Å². The molecule has 0 fully saturated rings. The van der Waals surface area contributed by atoms with Crippen LogP contribution in [0.5, 0.6) is 5.75 Å². The van der Waals surface area contributed by atoms with Gasteiger partial charge in [0.2, 0.25) is 5.52 Å². The van der Waals surface area contributed by atoms with Crippen LogP contribution >= 0.6 is 0 Å². The molecule has 1 unspecified atom stereocenters. The molecule has 0 amide bonds. The van der Waals surface area contributed by atoms with E-state index in [1.54, 1.807) is 0 Å². The summed E-state index contributed by atoms with van der Waals surface area (Å²) < 4.78 is 13.6. The lowest BCUT2D eigenvalue weighted by molar-refractivity contribution is -0.586. The molecule has 0 aliphatic heterocycles. The van der Waals surface area contributed by atoms with Crippen LogP contribution in [0.25, 0.3) is 10.9 Å². The monoisotopic (exact) mass is 535 g/mol. The van der Waals surface area contributed by atoms with Crippen molar-refractivity contribution >= 4 is 19.9 Å². The number of unbranched alkanes of at least 4 members (excludes halogenated alkanes) is 7. The number of para-hydroxylation sites is 1. The summed E-state index contributed by atoms with van der Waals surface area (Å²) in [5.74, 6) is 0.793. The van der Waals surface area contributed by atoms with E-state index in [0.717, 1.165) is 46.4 Å². The van der Waals surface area contributed by atoms with E-state index in [-0.39, 0.29) is 5.41 Å². The standard InChI is InChI=1S/C33H49NO3Si/c1-33(2,3)32(37-38(4)5)24-16-11-9-7-6-8-10-15-21-28-25-31(36-26-27-19-13-12-14-20-27)29-22-17-18-23-30(29)34(28)35/h12-14,17-20,22-23,25,32,38H,6-11,15-16,21,24,26H2,1-5H3. The van der Waals surface area contributed by atoms with E-state index in [0.29, 0.717) is 18.2 Å². The Morgan fingerprint density at radius 1 is 0.816 bits per heavy atom. The van der Waals surface area contributed by atoms with E-state index in [9.17, 15) is 5.21 Å². The fourth-order valence-electron chi connectivity index (χ4n) is 5.06. The summed E-state index contributed by atoms with van der Waals surface area (Å²) >= 11 is 0. The van der Waals surface area contributed by atoms with Gasteiger partial charge < -0.3 is 14.4 Å². The molecule has 3 aromatic rings. The van der Waals surface area contributed by atoms with E-state index in [2.05, 4.69) is 46.0 Å². The first-order chi connectivity index (χ1) is 18.3. The second-order valence-electron chi connectivity index (χ2n) is 12.0. The SMILES string of the molecule is C[SiH](C)OC(CCCCCCCCCCc1cc(OCc2ccccc2)c2ccccc2[n+]1[O-])C(C)(C)C. The van der Waals surface area contributed by atoms with Crippen LogP contribution in [0.3, 0.4) is 0 Å². The van der Waals surface area contributed by atoms with Gasteiger partial charge in [-0.15, -0.1) is 0 Å². The van der Waals surface area contributed by atoms with Crippen molar-refractivity contribution in [1.29, 1.82) is 0 Å². The number of hydrogen-bond acceptors (Lipinski definition) is 3. The van der Waals surface area contributed by atoms with Gasteiger partial charge in [-0.05, 0) is 43.0 Å². The number of hydrogen-bond donors (Lipinski definition) is 0. The number of nitrogens with zero attached hydrogens (tertiary/aromatic N) is 1. The minimum Gasteiger partial charge on any atom is -0.618 e. The second kappa shape index (κ2) is 15.3. The highest BCUT2D eigenvalue weighted by Gasteiger charge is 2.25. The first-order valence-electron chi connectivity index (χ1n) is 14.7. The molecule has 0 spiro atoms. The molecule has 0 bridgehead atoms. The molecule has 1 aromatic heterocycles. The Kier molecular flexibility index (Phi) is 12.1. The van der Waals surface area contributed by atoms with E-state index >= 15 is 0 Å². The molecule has 208 valence electrons. The average molecular weight is 536 g/mol. The highest BCUT2D eigenvalue weighted by Crippen LogP contribution is 2.28. The maximum absolute atomic E-state index is 13.0. The van der Waals surface area contributed by atoms with Crippen LogP contribution in [0.1, 0.15) is 89.8 Å². The molecule has 1 heterocycles. The van der Waals surface area contributed by atoms with Gasteiger partial charge in [0.15, 0.2) is 14.7 Å². The molecule has 2 aromatic carbocycles. The Hall–Kier alpha value is -2.37. The van der Waals surface area contributed by atoms with E-state index in [1.165, 1.54) is 44.9 Å². The molecule has 1 atom stereocenters. The number of pyridine rings is 1. The smallest absolute Gasteiger partial charge is 0.227 e. The minimum absolute atomic E-state index is 0.235. The van der Waals surface area contributed by atoms with Crippen molar-refractivity contribution in [2.24, 2.45) is 5.41 Å². The largest absolute Gasteiger partial charge is 0.618 e. The summed E-state index contributed by atoms with van der Waals surface area (Å²) in [6.07, 6.45) is 12.2. The minimum atomic E-state index is -0.996. The van der Waals surface area contributed by atoms with Gasteiger partial charge in [-0.2, -0.15) is 4.73 Å². The zero-order chi connectivity index (χ0) is 27.4. The third-order valence-corrected chi connectivity index (χ3v) is 8.11. The quantitative estimate of drug-likeness (QED) is 0.0799. The Morgan fingerprint density at radius 2 is 1.42 bits per heavy atom. The third kappa shape index (κ3) is 9.74. The Balaban J connectivity index is 1.39. The third-order valence-electron chi connectivity index (χ3n) is 7.24. The number of aryl methyl sites for hydroxylation is 1. The van der Waals surface area contributed by atoms with E-state index < -0.39 is 9.04 Å². The van der Waals surface area contributed by atoms with Gasteiger partial charge in [0.1, 0.15) is 12.4 Å². The van der Waals surface area contributed by atoms with Crippen molar-refractivity contribution in [3.8, 4) is 5.75 Å². The molecular formula is C33H49NO3Si. The van der Waals surface area contributed by atoms with Gasteiger partial charge in [-0.3, -0.25) is 0 Å². The van der Waals surface area contributed by atoms with E-state index in [4.69, 9.17) is 9.16 Å². The first-order valence-corrected chi connectivity index (χ1v) is 17.5. The zero-order valence-corrected chi connectivity index (χ0v) is 25.5. The lowest BCUT2D eigenvalue weighted by Gasteiger charge is -2.32. The predicted octanol–water partition coefficient (Wildman–Crippen LogP) is 8.52. The van der Waals surface area contributed by atoms with Gasteiger partial charge >= 0.3 is 0 Å². The van der Waals surface area contributed by atoms with Gasteiger partial charge in [0.25, 0.3) is 0 Å². The Bertz CT molecular complexity index is 1090. The second-order valence-corrected chi connectivity index (χ2v) is 14.4. The normalized spacial score (nSPS) is 12.8. The Labute approximate surface area is 232 Å². The lowest BCUT2D eigenvalue weighted by atomic mass is 9.86. The molecule has 0 N–H and O–H groups in total. The topological polar surface area (TPSA) is 45.4 Å². The highest BCUT2D eigenvalue weighted by atomic mass is 28.3. The van der Waals surface area contributed by atoms with Crippen molar-refractivity contribution in [2.75, 3.05) is 0 Å². The summed E-state index contributed by atoms with van der Waals surface area (Å²) in [6, 6.07) is 19.9. The molecule has 5 heteroatoms. The fourth-order valence-corrected chi connectivity index (χ4v) is 6.26. The summed E-state index contributed by atoms with van der Waals surface area (Å²) in [4.78, 5) is 0. The Morgan fingerprint density at radius 3 is 2.08 bits per heavy atom. The van der Waals surface area contributed by atoms with Gasteiger partial charge in [-0.25, -0.2) is 0 Å². The zero-order valence-electron chi connectivity index (χ0n) is 24.4. The summed E-state index contributed by atoms with van der Waals surface area (Å²) in [6.45, 7) is 12.0. The summed E-state index contributed by atoms with van der Waals surface area (Å²) in [5.41, 5.74) is 2.84. The van der Waals surface area contributed by atoms with Crippen LogP contribution in [0.2, 0.25) is 13.1 Å². The molecule has 0 saturated heterocycles. The molecular weight excluding hydrogens is 486 g/mol. The predicted molar refractivity (Wildman–Crippen MR) is 162 cm³/mol. The molecule has 0 aliphatic carbocycles. The first kappa shape index (κ1) is 30.2. The van der Waals surface area contributed by atoms with Crippen LogP contribution in [0.4, 0.5) is 0 Å². The van der Waals surface area contributed by atoms with Gasteiger partial charge in [0.05, 0.1) is 5.39 Å². The number of fused-ring (bicyclic) bond motifs is 1. The molecule has 3 rings (SSSR count). The van der Waals surface area contributed by atoms with Crippen molar-refractivity contribution in [3.63, 3.8) is 0 Å². The van der Waals surface area contributed by atoms with Crippen LogP contribution in [-0.4, -0.2) is 15.1 Å². The van der Waals surface area contributed by atoms with Crippen molar-refractivity contribution in [2.45, 2.75) is 111 Å². The number of benzene rings is 2. The van der Waals surface area contributed by atoms with Crippen LogP contribution in [0, 0.1) is 10.6 Å². The van der Waals surface area contributed by atoms with Crippen LogP contribution in [-0.2, 0) is 17.5 Å². The highest BCUT2D eigenvalue weighted by molar-refractivity contribution is 6.48. The molecule has 38 heavy (non-hydrogen) atoms. The molecule has 0 saturated carbocycles. The lowest BCUT2D eigenvalue weighted by Crippen LogP contribution is -2.33. The molecule has 4 nitrogen and oxygen atoms in total. The van der Waals surface area contributed by atoms with Crippen molar-refractivity contribution in [1.82, 2.24) is 0 Å².